The average molecular weight is 489 g/mol. The lowest BCUT2D eigenvalue weighted by atomic mass is 9.99. The lowest BCUT2D eigenvalue weighted by Crippen LogP contribution is -2.60. The van der Waals surface area contributed by atoms with Crippen LogP contribution in [0.2, 0.25) is 10.0 Å². The molecule has 2 aromatic rings. The van der Waals surface area contributed by atoms with Crippen LogP contribution in [0.1, 0.15) is 10.4 Å². The Hall–Kier alpha value is -2.51. The lowest BCUT2D eigenvalue weighted by molar-refractivity contribution is -0.384. The monoisotopic (exact) mass is 488 g/mol. The van der Waals surface area contributed by atoms with E-state index in [-0.39, 0.29) is 32.7 Å². The highest BCUT2D eigenvalue weighted by molar-refractivity contribution is 6.34. The Kier molecular flexibility index (Phi) is 7.51. The summed E-state index contributed by atoms with van der Waals surface area (Å²) >= 11 is 12.0. The van der Waals surface area contributed by atoms with Gasteiger partial charge in [0, 0.05) is 17.2 Å². The SMILES string of the molecule is O=C(Nc1ccc([N+](=O)[O-])cc1Cl)c1cc(Cl)ccc1O[C@@H]1O[C@H](CO)[C@@H](O)[C@H](O)[C@H]1O. The van der Waals surface area contributed by atoms with Crippen molar-refractivity contribution in [1.29, 1.82) is 0 Å². The molecule has 3 rings (SSSR count). The van der Waals surface area contributed by atoms with Crippen molar-refractivity contribution in [2.45, 2.75) is 30.7 Å². The highest BCUT2D eigenvalue weighted by Gasteiger charge is 2.45. The molecule has 0 bridgehead atoms. The molecule has 5 N–H and O–H groups in total. The van der Waals surface area contributed by atoms with Gasteiger partial charge in [0.15, 0.2) is 0 Å². The van der Waals surface area contributed by atoms with Crippen molar-refractivity contribution >= 4 is 40.5 Å². The summed E-state index contributed by atoms with van der Waals surface area (Å²) in [6, 6.07) is 7.45. The minimum absolute atomic E-state index is 0.0778. The maximum Gasteiger partial charge on any atom is 0.271 e. The quantitative estimate of drug-likeness (QED) is 0.297. The van der Waals surface area contributed by atoms with Crippen LogP contribution in [0, 0.1) is 10.1 Å². The first-order valence-electron chi connectivity index (χ1n) is 9.14. The highest BCUT2D eigenvalue weighted by atomic mass is 35.5. The summed E-state index contributed by atoms with van der Waals surface area (Å²) in [5.41, 5.74) is -0.285. The number of hydrogen-bond donors (Lipinski definition) is 5. The van der Waals surface area contributed by atoms with Crippen molar-refractivity contribution in [2.24, 2.45) is 0 Å². The van der Waals surface area contributed by atoms with Gasteiger partial charge in [0.05, 0.1) is 27.8 Å². The summed E-state index contributed by atoms with van der Waals surface area (Å²) in [6.07, 6.45) is -7.67. The van der Waals surface area contributed by atoms with Gasteiger partial charge in [-0.3, -0.25) is 14.9 Å². The third-order valence-electron chi connectivity index (χ3n) is 4.69. The predicted molar refractivity (Wildman–Crippen MR) is 112 cm³/mol. The van der Waals surface area contributed by atoms with E-state index in [0.29, 0.717) is 0 Å². The number of ether oxygens (including phenoxy) is 2. The molecule has 1 amide bonds. The number of rotatable bonds is 6. The number of nitro benzene ring substituents is 1. The maximum atomic E-state index is 12.8. The standard InChI is InChI=1S/C19H18Cl2N2O9/c20-8-1-4-13(31-19-17(27)16(26)15(25)14(7-24)32-19)10(5-8)18(28)22-12-3-2-9(23(29)30)6-11(12)21/h1-6,14-17,19,24-27H,7H2,(H,22,28)/t14-,15-,16+,17-,19-/m1/s1. The first-order chi connectivity index (χ1) is 15.1. The zero-order chi connectivity index (χ0) is 23.6. The Balaban J connectivity index is 1.85. The number of nitro groups is 1. The van der Waals surface area contributed by atoms with Crippen LogP contribution in [0.25, 0.3) is 0 Å². The first kappa shape index (κ1) is 24.1. The number of benzene rings is 2. The smallest absolute Gasteiger partial charge is 0.271 e. The molecule has 1 heterocycles. The number of aliphatic hydroxyl groups excluding tert-OH is 4. The van der Waals surface area contributed by atoms with Crippen LogP contribution in [0.3, 0.4) is 0 Å². The van der Waals surface area contributed by atoms with E-state index >= 15 is 0 Å². The number of hydrogen-bond acceptors (Lipinski definition) is 9. The van der Waals surface area contributed by atoms with Crippen LogP contribution in [0.4, 0.5) is 11.4 Å². The summed E-state index contributed by atoms with van der Waals surface area (Å²) in [5.74, 6) is -0.850. The van der Waals surface area contributed by atoms with Crippen LogP contribution >= 0.6 is 23.2 Å². The van der Waals surface area contributed by atoms with E-state index in [0.717, 1.165) is 12.1 Å². The maximum absolute atomic E-state index is 12.8. The Morgan fingerprint density at radius 3 is 2.47 bits per heavy atom. The minimum Gasteiger partial charge on any atom is -0.461 e. The Morgan fingerprint density at radius 1 is 1.12 bits per heavy atom. The highest BCUT2D eigenvalue weighted by Crippen LogP contribution is 2.31. The number of aliphatic hydroxyl groups is 4. The summed E-state index contributed by atoms with van der Waals surface area (Å²) in [4.78, 5) is 23.0. The van der Waals surface area contributed by atoms with Crippen LogP contribution in [0.15, 0.2) is 36.4 Å². The Labute approximate surface area is 190 Å². The van der Waals surface area contributed by atoms with Crippen molar-refractivity contribution in [3.8, 4) is 5.75 Å². The Morgan fingerprint density at radius 2 is 1.84 bits per heavy atom. The van der Waals surface area contributed by atoms with Gasteiger partial charge in [0.2, 0.25) is 6.29 Å². The van der Waals surface area contributed by atoms with Gasteiger partial charge in [-0.25, -0.2) is 0 Å². The van der Waals surface area contributed by atoms with Gasteiger partial charge in [-0.2, -0.15) is 0 Å². The van der Waals surface area contributed by atoms with Gasteiger partial charge in [0.1, 0.15) is 30.2 Å². The average Bonchev–Trinajstić information content (AvgIpc) is 2.76. The van der Waals surface area contributed by atoms with E-state index < -0.39 is 48.1 Å². The molecule has 1 aliphatic heterocycles. The first-order valence-corrected chi connectivity index (χ1v) is 9.90. The molecule has 0 radical (unpaired) electrons. The number of carbonyl (C=O) groups excluding carboxylic acids is 1. The third kappa shape index (κ3) is 5.10. The van der Waals surface area contributed by atoms with E-state index in [2.05, 4.69) is 5.32 Å². The van der Waals surface area contributed by atoms with Crippen molar-refractivity contribution in [3.05, 3.63) is 62.1 Å². The third-order valence-corrected chi connectivity index (χ3v) is 5.24. The van der Waals surface area contributed by atoms with Crippen LogP contribution in [-0.2, 0) is 4.74 Å². The number of halogens is 2. The van der Waals surface area contributed by atoms with Gasteiger partial charge in [-0.15, -0.1) is 0 Å². The molecule has 0 aliphatic carbocycles. The number of nitrogens with zero attached hydrogens (tertiary/aromatic N) is 1. The zero-order valence-corrected chi connectivity index (χ0v) is 17.6. The second-order valence-corrected chi connectivity index (χ2v) is 7.67. The fraction of sp³-hybridized carbons (Fsp3) is 0.316. The molecule has 32 heavy (non-hydrogen) atoms. The van der Waals surface area contributed by atoms with Gasteiger partial charge < -0.3 is 35.2 Å². The molecule has 1 fully saturated rings. The van der Waals surface area contributed by atoms with Crippen LogP contribution in [0.5, 0.6) is 5.75 Å². The van der Waals surface area contributed by atoms with Gasteiger partial charge >= 0.3 is 0 Å². The van der Waals surface area contributed by atoms with E-state index in [9.17, 15) is 35.3 Å². The largest absolute Gasteiger partial charge is 0.461 e. The van der Waals surface area contributed by atoms with Crippen LogP contribution < -0.4 is 10.1 Å². The molecule has 1 saturated heterocycles. The minimum atomic E-state index is -1.69. The normalized spacial score (nSPS) is 25.2. The molecule has 13 heteroatoms. The van der Waals surface area contributed by atoms with Crippen molar-refractivity contribution in [2.75, 3.05) is 11.9 Å². The molecule has 5 atom stereocenters. The van der Waals surface area contributed by atoms with Crippen molar-refractivity contribution in [3.63, 3.8) is 0 Å². The van der Waals surface area contributed by atoms with Crippen molar-refractivity contribution < 1.29 is 39.6 Å². The summed E-state index contributed by atoms with van der Waals surface area (Å²) in [6.45, 7) is -0.655. The molecule has 1 aliphatic rings. The van der Waals surface area contributed by atoms with E-state index in [4.69, 9.17) is 32.7 Å². The number of carbonyl (C=O) groups is 1. The molecule has 0 unspecified atom stereocenters. The van der Waals surface area contributed by atoms with Gasteiger partial charge in [-0.05, 0) is 24.3 Å². The second kappa shape index (κ2) is 9.96. The van der Waals surface area contributed by atoms with Gasteiger partial charge in [-0.1, -0.05) is 23.2 Å². The molecular formula is C19H18Cl2N2O9. The molecular weight excluding hydrogens is 471 g/mol. The zero-order valence-electron chi connectivity index (χ0n) is 16.1. The number of nitrogens with one attached hydrogen (secondary N) is 1. The molecule has 0 spiro atoms. The van der Waals surface area contributed by atoms with Gasteiger partial charge in [0.25, 0.3) is 11.6 Å². The fourth-order valence-electron chi connectivity index (χ4n) is 2.98. The molecule has 0 aromatic heterocycles. The fourth-order valence-corrected chi connectivity index (χ4v) is 3.38. The Bertz CT molecular complexity index is 1020. The summed E-state index contributed by atoms with van der Waals surface area (Å²) < 4.78 is 10.8. The van der Waals surface area contributed by atoms with E-state index in [1.54, 1.807) is 0 Å². The predicted octanol–water partition coefficient (Wildman–Crippen LogP) is 1.33. The second-order valence-electron chi connectivity index (χ2n) is 6.83. The van der Waals surface area contributed by atoms with E-state index in [1.165, 1.54) is 24.3 Å². The van der Waals surface area contributed by atoms with E-state index in [1.807, 2.05) is 0 Å². The molecule has 11 nitrogen and oxygen atoms in total. The molecule has 172 valence electrons. The molecule has 0 saturated carbocycles. The number of non-ortho nitro benzene ring substituents is 1. The summed E-state index contributed by atoms with van der Waals surface area (Å²) in [7, 11) is 0. The lowest BCUT2D eigenvalue weighted by Gasteiger charge is -2.39. The summed E-state index contributed by atoms with van der Waals surface area (Å²) in [5, 5.41) is 52.7. The topological polar surface area (TPSA) is 172 Å². The molecule has 2 aromatic carbocycles. The van der Waals surface area contributed by atoms with Crippen LogP contribution in [-0.4, -0.2) is 68.6 Å². The van der Waals surface area contributed by atoms with Crippen molar-refractivity contribution in [1.82, 2.24) is 0 Å². The number of amides is 1. The number of anilines is 1.